The van der Waals surface area contributed by atoms with Crippen LogP contribution in [0.3, 0.4) is 0 Å². The van der Waals surface area contributed by atoms with E-state index in [-0.39, 0.29) is 29.8 Å². The summed E-state index contributed by atoms with van der Waals surface area (Å²) in [7, 11) is -3.62. The van der Waals surface area contributed by atoms with Gasteiger partial charge in [-0.3, -0.25) is 4.79 Å². The summed E-state index contributed by atoms with van der Waals surface area (Å²) in [6.45, 7) is 3.73. The van der Waals surface area contributed by atoms with E-state index in [9.17, 15) is 13.2 Å². The highest BCUT2D eigenvalue weighted by atomic mass is 35.5. The minimum absolute atomic E-state index is 0.0389. The molecule has 0 radical (unpaired) electrons. The molecule has 0 aromatic heterocycles. The van der Waals surface area contributed by atoms with Crippen LogP contribution in [0.1, 0.15) is 20.3 Å². The molecule has 7 heteroatoms. The Hall–Kier alpha value is -1.11. The fourth-order valence-electron chi connectivity index (χ4n) is 1.41. The molecule has 1 amide bonds. The van der Waals surface area contributed by atoms with Gasteiger partial charge < -0.3 is 5.32 Å². The lowest BCUT2D eigenvalue weighted by molar-refractivity contribution is -0.121. The van der Waals surface area contributed by atoms with Gasteiger partial charge in [-0.1, -0.05) is 17.7 Å². The molecule has 0 saturated carbocycles. The first-order valence-electron chi connectivity index (χ1n) is 5.86. The van der Waals surface area contributed by atoms with Gasteiger partial charge in [0.25, 0.3) is 0 Å². The Balaban J connectivity index is 2.55. The lowest BCUT2D eigenvalue weighted by Gasteiger charge is -2.09. The number of sulfonamides is 1. The highest BCUT2D eigenvalue weighted by Gasteiger charge is 2.14. The lowest BCUT2D eigenvalue weighted by Crippen LogP contribution is -2.34. The van der Waals surface area contributed by atoms with Crippen molar-refractivity contribution in [1.82, 2.24) is 10.0 Å². The molecule has 1 aromatic rings. The molecule has 0 aliphatic rings. The van der Waals surface area contributed by atoms with Gasteiger partial charge in [0.2, 0.25) is 15.9 Å². The summed E-state index contributed by atoms with van der Waals surface area (Å²) in [6.07, 6.45) is 0.0952. The number of nitrogens with one attached hydrogen (secondary N) is 2. The standard InChI is InChI=1S/C12H17ClN2O3S/c1-9(2)15-12(16)6-7-14-19(17,18)11-5-3-4-10(13)8-11/h3-5,8-9,14H,6-7H2,1-2H3,(H,15,16). The van der Waals surface area contributed by atoms with Gasteiger partial charge in [0.05, 0.1) is 4.90 Å². The van der Waals surface area contributed by atoms with Gasteiger partial charge in [0.15, 0.2) is 0 Å². The molecule has 2 N–H and O–H groups in total. The third-order valence-corrected chi connectivity index (χ3v) is 3.89. The van der Waals surface area contributed by atoms with Gasteiger partial charge in [-0.25, -0.2) is 13.1 Å². The second-order valence-electron chi connectivity index (χ2n) is 4.33. The molecule has 0 unspecified atom stereocenters. The first-order chi connectivity index (χ1) is 8.81. The maximum absolute atomic E-state index is 11.9. The number of carbonyl (C=O) groups is 1. The predicted molar refractivity (Wildman–Crippen MR) is 74.5 cm³/mol. The maximum Gasteiger partial charge on any atom is 0.240 e. The first kappa shape index (κ1) is 15.9. The van der Waals surface area contributed by atoms with Crippen molar-refractivity contribution < 1.29 is 13.2 Å². The van der Waals surface area contributed by atoms with Crippen LogP contribution in [0.4, 0.5) is 0 Å². The molecule has 1 aromatic carbocycles. The summed E-state index contributed by atoms with van der Waals surface area (Å²) in [6, 6.07) is 6.00. The summed E-state index contributed by atoms with van der Waals surface area (Å²) >= 11 is 5.74. The summed E-state index contributed by atoms with van der Waals surface area (Å²) in [4.78, 5) is 11.5. The monoisotopic (exact) mass is 304 g/mol. The Morgan fingerprint density at radius 2 is 2.05 bits per heavy atom. The van der Waals surface area contributed by atoms with Crippen LogP contribution < -0.4 is 10.0 Å². The van der Waals surface area contributed by atoms with Gasteiger partial charge in [-0.2, -0.15) is 0 Å². The molecule has 106 valence electrons. The maximum atomic E-state index is 11.9. The van der Waals surface area contributed by atoms with Crippen molar-refractivity contribution in [3.63, 3.8) is 0 Å². The van der Waals surface area contributed by atoms with Crippen LogP contribution in [-0.4, -0.2) is 26.9 Å². The summed E-state index contributed by atoms with van der Waals surface area (Å²) in [5.74, 6) is -0.191. The number of benzene rings is 1. The van der Waals surface area contributed by atoms with Crippen LogP contribution in [-0.2, 0) is 14.8 Å². The van der Waals surface area contributed by atoms with Gasteiger partial charge >= 0.3 is 0 Å². The van der Waals surface area contributed by atoms with E-state index in [1.165, 1.54) is 12.1 Å². The molecule has 0 fully saturated rings. The van der Waals surface area contributed by atoms with Crippen LogP contribution in [0, 0.1) is 0 Å². The van der Waals surface area contributed by atoms with Gasteiger partial charge in [-0.15, -0.1) is 0 Å². The molecular weight excluding hydrogens is 288 g/mol. The van der Waals surface area contributed by atoms with Gasteiger partial charge in [0, 0.05) is 24.0 Å². The lowest BCUT2D eigenvalue weighted by atomic mass is 10.3. The highest BCUT2D eigenvalue weighted by molar-refractivity contribution is 7.89. The number of amides is 1. The van der Waals surface area contributed by atoms with E-state index in [0.717, 1.165) is 0 Å². The Morgan fingerprint density at radius 3 is 2.63 bits per heavy atom. The third-order valence-electron chi connectivity index (χ3n) is 2.20. The zero-order chi connectivity index (χ0) is 14.5. The number of halogens is 1. The van der Waals surface area contributed by atoms with Gasteiger partial charge in [0.1, 0.15) is 0 Å². The fourth-order valence-corrected chi connectivity index (χ4v) is 2.74. The fraction of sp³-hybridized carbons (Fsp3) is 0.417. The van der Waals surface area contributed by atoms with E-state index < -0.39 is 10.0 Å². The molecule has 0 bridgehead atoms. The molecule has 0 atom stereocenters. The van der Waals surface area contributed by atoms with Crippen molar-refractivity contribution in [2.75, 3.05) is 6.54 Å². The quantitative estimate of drug-likeness (QED) is 0.837. The topological polar surface area (TPSA) is 75.3 Å². The van der Waals surface area contributed by atoms with Crippen LogP contribution >= 0.6 is 11.6 Å². The minimum atomic E-state index is -3.62. The smallest absolute Gasteiger partial charge is 0.240 e. The van der Waals surface area contributed by atoms with E-state index in [4.69, 9.17) is 11.6 Å². The first-order valence-corrected chi connectivity index (χ1v) is 7.72. The summed E-state index contributed by atoms with van der Waals surface area (Å²) < 4.78 is 26.1. The van der Waals surface area contributed by atoms with Crippen molar-refractivity contribution in [3.05, 3.63) is 29.3 Å². The summed E-state index contributed by atoms with van der Waals surface area (Å²) in [5, 5.41) is 3.03. The number of hydrogen-bond donors (Lipinski definition) is 2. The molecule has 0 heterocycles. The van der Waals surface area contributed by atoms with E-state index in [0.29, 0.717) is 5.02 Å². The second-order valence-corrected chi connectivity index (χ2v) is 6.53. The number of rotatable bonds is 6. The van der Waals surface area contributed by atoms with E-state index in [1.54, 1.807) is 12.1 Å². The van der Waals surface area contributed by atoms with Crippen molar-refractivity contribution in [2.45, 2.75) is 31.2 Å². The molecule has 0 saturated heterocycles. The predicted octanol–water partition coefficient (Wildman–Crippen LogP) is 1.53. The van der Waals surface area contributed by atoms with Crippen molar-refractivity contribution >= 4 is 27.5 Å². The molecule has 0 aliphatic carbocycles. The van der Waals surface area contributed by atoms with Crippen LogP contribution in [0.25, 0.3) is 0 Å². The molecular formula is C12H17ClN2O3S. The molecule has 0 spiro atoms. The van der Waals surface area contributed by atoms with Crippen molar-refractivity contribution in [2.24, 2.45) is 0 Å². The minimum Gasteiger partial charge on any atom is -0.354 e. The zero-order valence-corrected chi connectivity index (χ0v) is 12.4. The largest absolute Gasteiger partial charge is 0.354 e. The Labute approximate surface area is 118 Å². The second kappa shape index (κ2) is 6.88. The average molecular weight is 305 g/mol. The highest BCUT2D eigenvalue weighted by Crippen LogP contribution is 2.14. The number of carbonyl (C=O) groups excluding carboxylic acids is 1. The summed E-state index contributed by atoms with van der Waals surface area (Å²) in [5.41, 5.74) is 0. The Morgan fingerprint density at radius 1 is 1.37 bits per heavy atom. The molecule has 19 heavy (non-hydrogen) atoms. The van der Waals surface area contributed by atoms with Crippen LogP contribution in [0.5, 0.6) is 0 Å². The van der Waals surface area contributed by atoms with Crippen LogP contribution in [0.15, 0.2) is 29.2 Å². The Kier molecular flexibility index (Phi) is 5.78. The van der Waals surface area contributed by atoms with Gasteiger partial charge in [-0.05, 0) is 32.0 Å². The van der Waals surface area contributed by atoms with E-state index >= 15 is 0 Å². The van der Waals surface area contributed by atoms with E-state index in [2.05, 4.69) is 10.0 Å². The average Bonchev–Trinajstić information content (AvgIpc) is 2.27. The SMILES string of the molecule is CC(C)NC(=O)CCNS(=O)(=O)c1cccc(Cl)c1. The van der Waals surface area contributed by atoms with Crippen LogP contribution in [0.2, 0.25) is 5.02 Å². The normalized spacial score (nSPS) is 11.6. The van der Waals surface area contributed by atoms with Crippen molar-refractivity contribution in [1.29, 1.82) is 0 Å². The third kappa shape index (κ3) is 5.59. The number of hydrogen-bond acceptors (Lipinski definition) is 3. The Bertz CT molecular complexity index is 544. The molecule has 5 nitrogen and oxygen atoms in total. The zero-order valence-electron chi connectivity index (χ0n) is 10.8. The molecule has 1 rings (SSSR count). The molecule has 0 aliphatic heterocycles. The van der Waals surface area contributed by atoms with Crippen molar-refractivity contribution in [3.8, 4) is 0 Å². The van der Waals surface area contributed by atoms with E-state index in [1.807, 2.05) is 13.8 Å².